The number of anilines is 1. The van der Waals surface area contributed by atoms with E-state index in [1.165, 1.54) is 12.1 Å². The average molecular weight is 351 g/mol. The van der Waals surface area contributed by atoms with Gasteiger partial charge in [0.05, 0.1) is 22.0 Å². The SMILES string of the molecule is O=C(Nc1ccc(-c2nc3ccc([N+](=O)[O-])cc3[nH]2)cc1)C1CCCN1. The predicted molar refractivity (Wildman–Crippen MR) is 97.8 cm³/mol. The zero-order valence-corrected chi connectivity index (χ0v) is 13.9. The molecule has 8 nitrogen and oxygen atoms in total. The molecule has 0 spiro atoms. The van der Waals surface area contributed by atoms with Gasteiger partial charge >= 0.3 is 0 Å². The molecule has 0 bridgehead atoms. The van der Waals surface area contributed by atoms with Crippen LogP contribution in [0.2, 0.25) is 0 Å². The van der Waals surface area contributed by atoms with E-state index in [9.17, 15) is 14.9 Å². The number of rotatable bonds is 4. The van der Waals surface area contributed by atoms with Crippen LogP contribution in [0.4, 0.5) is 11.4 Å². The zero-order valence-electron chi connectivity index (χ0n) is 13.9. The molecule has 1 atom stereocenters. The summed E-state index contributed by atoms with van der Waals surface area (Å²) in [6, 6.07) is 11.7. The number of nitro groups is 1. The fourth-order valence-corrected chi connectivity index (χ4v) is 3.10. The van der Waals surface area contributed by atoms with Crippen molar-refractivity contribution in [2.24, 2.45) is 0 Å². The summed E-state index contributed by atoms with van der Waals surface area (Å²) in [7, 11) is 0. The van der Waals surface area contributed by atoms with E-state index < -0.39 is 4.92 Å². The van der Waals surface area contributed by atoms with Crippen LogP contribution in [-0.2, 0) is 4.79 Å². The molecule has 2 aromatic carbocycles. The van der Waals surface area contributed by atoms with Gasteiger partial charge in [-0.15, -0.1) is 0 Å². The van der Waals surface area contributed by atoms with Crippen LogP contribution < -0.4 is 10.6 Å². The van der Waals surface area contributed by atoms with E-state index in [0.29, 0.717) is 16.9 Å². The Hall–Kier alpha value is -3.26. The lowest BCUT2D eigenvalue weighted by Crippen LogP contribution is -2.35. The number of aromatic amines is 1. The number of H-pyrrole nitrogens is 1. The number of nitrogens with zero attached hydrogens (tertiary/aromatic N) is 2. The summed E-state index contributed by atoms with van der Waals surface area (Å²) in [5, 5.41) is 16.9. The molecule has 0 aliphatic carbocycles. The normalized spacial score (nSPS) is 16.7. The largest absolute Gasteiger partial charge is 0.338 e. The number of carbonyl (C=O) groups excluding carboxylic acids is 1. The van der Waals surface area contributed by atoms with Crippen molar-refractivity contribution < 1.29 is 9.72 Å². The minimum absolute atomic E-state index is 0.0197. The Labute approximate surface area is 148 Å². The van der Waals surface area contributed by atoms with Crippen molar-refractivity contribution >= 4 is 28.3 Å². The summed E-state index contributed by atoms with van der Waals surface area (Å²) in [6.45, 7) is 0.876. The first-order valence-electron chi connectivity index (χ1n) is 8.39. The van der Waals surface area contributed by atoms with Gasteiger partial charge in [0.15, 0.2) is 0 Å². The van der Waals surface area contributed by atoms with Gasteiger partial charge in [0, 0.05) is 23.4 Å². The Bertz CT molecular complexity index is 974. The molecule has 2 heterocycles. The molecule has 0 saturated carbocycles. The number of carbonyl (C=O) groups is 1. The van der Waals surface area contributed by atoms with Crippen LogP contribution in [0.25, 0.3) is 22.4 Å². The molecule has 1 aliphatic heterocycles. The molecule has 3 N–H and O–H groups in total. The maximum absolute atomic E-state index is 12.1. The van der Waals surface area contributed by atoms with E-state index >= 15 is 0 Å². The molecule has 1 aromatic heterocycles. The zero-order chi connectivity index (χ0) is 18.1. The smallest absolute Gasteiger partial charge is 0.271 e. The first-order valence-corrected chi connectivity index (χ1v) is 8.39. The van der Waals surface area contributed by atoms with Crippen LogP contribution in [0.3, 0.4) is 0 Å². The Morgan fingerprint density at radius 1 is 1.23 bits per heavy atom. The topological polar surface area (TPSA) is 113 Å². The number of hydrogen-bond acceptors (Lipinski definition) is 5. The lowest BCUT2D eigenvalue weighted by Gasteiger charge is -2.11. The third-order valence-electron chi connectivity index (χ3n) is 4.48. The molecule has 1 unspecified atom stereocenters. The van der Waals surface area contributed by atoms with Crippen molar-refractivity contribution in [3.05, 3.63) is 52.6 Å². The Kier molecular flexibility index (Phi) is 4.10. The van der Waals surface area contributed by atoms with Gasteiger partial charge in [0.1, 0.15) is 5.82 Å². The maximum atomic E-state index is 12.1. The molecule has 4 rings (SSSR count). The highest BCUT2D eigenvalue weighted by molar-refractivity contribution is 5.95. The van der Waals surface area contributed by atoms with E-state index in [-0.39, 0.29) is 17.6 Å². The lowest BCUT2D eigenvalue weighted by atomic mass is 10.1. The van der Waals surface area contributed by atoms with Gasteiger partial charge in [-0.25, -0.2) is 4.98 Å². The van der Waals surface area contributed by atoms with Crippen LogP contribution in [0, 0.1) is 10.1 Å². The molecule has 1 saturated heterocycles. The van der Waals surface area contributed by atoms with Crippen LogP contribution in [0.1, 0.15) is 12.8 Å². The summed E-state index contributed by atoms with van der Waals surface area (Å²) in [4.78, 5) is 30.1. The number of aromatic nitrogens is 2. The molecular weight excluding hydrogens is 334 g/mol. The minimum atomic E-state index is -0.434. The van der Waals surface area contributed by atoms with E-state index in [1.54, 1.807) is 6.07 Å². The number of nitrogens with one attached hydrogen (secondary N) is 3. The monoisotopic (exact) mass is 351 g/mol. The number of amides is 1. The maximum Gasteiger partial charge on any atom is 0.271 e. The van der Waals surface area contributed by atoms with Gasteiger partial charge in [-0.2, -0.15) is 0 Å². The quantitative estimate of drug-likeness (QED) is 0.494. The highest BCUT2D eigenvalue weighted by atomic mass is 16.6. The van der Waals surface area contributed by atoms with Crippen molar-refractivity contribution in [3.8, 4) is 11.4 Å². The summed E-state index contributed by atoms with van der Waals surface area (Å²) < 4.78 is 0. The van der Waals surface area contributed by atoms with Crippen LogP contribution >= 0.6 is 0 Å². The number of nitro benzene ring substituents is 1. The average Bonchev–Trinajstić information content (AvgIpc) is 3.31. The molecule has 26 heavy (non-hydrogen) atoms. The van der Waals surface area contributed by atoms with Crippen LogP contribution in [-0.4, -0.2) is 33.4 Å². The summed E-state index contributed by atoms with van der Waals surface area (Å²) in [5.74, 6) is 0.599. The van der Waals surface area contributed by atoms with Gasteiger partial charge in [-0.05, 0) is 49.7 Å². The number of hydrogen-bond donors (Lipinski definition) is 3. The van der Waals surface area contributed by atoms with E-state index in [4.69, 9.17) is 0 Å². The third-order valence-corrected chi connectivity index (χ3v) is 4.48. The standard InChI is InChI=1S/C18H17N5O3/c24-18(15-2-1-9-19-15)20-12-5-3-11(4-6-12)17-21-14-8-7-13(23(25)26)10-16(14)22-17/h3-8,10,15,19H,1-2,9H2,(H,20,24)(H,21,22). The highest BCUT2D eigenvalue weighted by Gasteiger charge is 2.21. The second-order valence-corrected chi connectivity index (χ2v) is 6.26. The summed E-state index contributed by atoms with van der Waals surface area (Å²) in [5.41, 5.74) is 2.85. The van der Waals surface area contributed by atoms with Crippen LogP contribution in [0.5, 0.6) is 0 Å². The summed E-state index contributed by atoms with van der Waals surface area (Å²) in [6.07, 6.45) is 1.87. The van der Waals surface area contributed by atoms with Crippen molar-refractivity contribution in [2.75, 3.05) is 11.9 Å². The molecule has 3 aromatic rings. The van der Waals surface area contributed by atoms with E-state index in [1.807, 2.05) is 24.3 Å². The first-order chi connectivity index (χ1) is 12.6. The van der Waals surface area contributed by atoms with E-state index in [0.717, 1.165) is 30.6 Å². The van der Waals surface area contributed by atoms with Gasteiger partial charge in [0.2, 0.25) is 5.91 Å². The van der Waals surface area contributed by atoms with Gasteiger partial charge in [0.25, 0.3) is 5.69 Å². The molecule has 8 heteroatoms. The van der Waals surface area contributed by atoms with Gasteiger partial charge in [-0.1, -0.05) is 0 Å². The minimum Gasteiger partial charge on any atom is -0.338 e. The van der Waals surface area contributed by atoms with Crippen molar-refractivity contribution in [2.45, 2.75) is 18.9 Å². The van der Waals surface area contributed by atoms with Gasteiger partial charge < -0.3 is 15.6 Å². The molecule has 1 amide bonds. The van der Waals surface area contributed by atoms with Crippen LogP contribution in [0.15, 0.2) is 42.5 Å². The molecule has 1 aliphatic rings. The Morgan fingerprint density at radius 2 is 2.04 bits per heavy atom. The van der Waals surface area contributed by atoms with Crippen molar-refractivity contribution in [1.29, 1.82) is 0 Å². The Morgan fingerprint density at radius 3 is 2.73 bits per heavy atom. The summed E-state index contributed by atoms with van der Waals surface area (Å²) >= 11 is 0. The predicted octanol–water partition coefficient (Wildman–Crippen LogP) is 2.83. The second kappa shape index (κ2) is 6.57. The van der Waals surface area contributed by atoms with Gasteiger partial charge in [-0.3, -0.25) is 14.9 Å². The number of fused-ring (bicyclic) bond motifs is 1. The molecule has 1 fully saturated rings. The lowest BCUT2D eigenvalue weighted by molar-refractivity contribution is -0.384. The number of imidazole rings is 1. The molecule has 0 radical (unpaired) electrons. The van der Waals surface area contributed by atoms with E-state index in [2.05, 4.69) is 20.6 Å². The van der Waals surface area contributed by atoms with Crippen molar-refractivity contribution in [3.63, 3.8) is 0 Å². The third kappa shape index (κ3) is 3.14. The molecule has 132 valence electrons. The Balaban J connectivity index is 1.53. The number of non-ortho nitro benzene ring substituents is 1. The highest BCUT2D eigenvalue weighted by Crippen LogP contribution is 2.25. The second-order valence-electron chi connectivity index (χ2n) is 6.26. The van der Waals surface area contributed by atoms with Crippen molar-refractivity contribution in [1.82, 2.24) is 15.3 Å². The fraction of sp³-hybridized carbons (Fsp3) is 0.222. The molecular formula is C18H17N5O3. The first kappa shape index (κ1) is 16.2. The fourth-order valence-electron chi connectivity index (χ4n) is 3.10. The number of benzene rings is 2.